The topological polar surface area (TPSA) is 54.0 Å². The lowest BCUT2D eigenvalue weighted by Crippen LogP contribution is -2.20. The number of rotatable bonds is 7. The number of nitrogens with one attached hydrogen (secondary N) is 2. The molecule has 1 aromatic carbocycles. The van der Waals surface area contributed by atoms with Crippen molar-refractivity contribution in [2.24, 2.45) is 0 Å². The fourth-order valence-electron chi connectivity index (χ4n) is 2.90. The van der Waals surface area contributed by atoms with E-state index in [2.05, 4.69) is 15.6 Å². The van der Waals surface area contributed by atoms with E-state index < -0.39 is 11.9 Å². The molecule has 156 valence electrons. The highest BCUT2D eigenvalue weighted by Gasteiger charge is 2.33. The minimum Gasteiger partial charge on any atom is -0.388 e. The second kappa shape index (κ2) is 9.58. The summed E-state index contributed by atoms with van der Waals surface area (Å²) in [4.78, 5) is 16.0. The molecule has 0 saturated carbocycles. The van der Waals surface area contributed by atoms with Gasteiger partial charge in [0.1, 0.15) is 5.69 Å². The van der Waals surface area contributed by atoms with Gasteiger partial charge < -0.3 is 10.6 Å². The third-order valence-electron chi connectivity index (χ3n) is 4.77. The highest BCUT2D eigenvalue weighted by molar-refractivity contribution is 5.91. The van der Waals surface area contributed by atoms with Gasteiger partial charge in [0, 0.05) is 25.4 Å². The Labute approximate surface area is 169 Å². The fraction of sp³-hybridized carbons (Fsp3) is 0.364. The van der Waals surface area contributed by atoms with E-state index in [1.165, 1.54) is 18.2 Å². The molecule has 2 rings (SSSR count). The summed E-state index contributed by atoms with van der Waals surface area (Å²) in [5.41, 5.74) is 2.98. The first-order valence-electron chi connectivity index (χ1n) is 9.47. The van der Waals surface area contributed by atoms with E-state index in [1.54, 1.807) is 0 Å². The number of nitrogens with zero attached hydrogens (tertiary/aromatic N) is 1. The Balaban J connectivity index is 2.11. The smallest absolute Gasteiger partial charge is 0.388 e. The van der Waals surface area contributed by atoms with Gasteiger partial charge in [0.15, 0.2) is 0 Å². The van der Waals surface area contributed by atoms with Crippen molar-refractivity contribution in [3.05, 3.63) is 64.5 Å². The Morgan fingerprint density at radius 3 is 2.55 bits per heavy atom. The van der Waals surface area contributed by atoms with Crippen molar-refractivity contribution in [3.8, 4) is 0 Å². The number of anilines is 1. The Morgan fingerprint density at radius 2 is 1.97 bits per heavy atom. The minimum absolute atomic E-state index is 0.159. The van der Waals surface area contributed by atoms with E-state index in [9.17, 15) is 18.0 Å². The molecule has 7 heteroatoms. The van der Waals surface area contributed by atoms with Crippen molar-refractivity contribution in [1.29, 1.82) is 0 Å². The molecule has 1 unspecified atom stereocenters. The zero-order valence-corrected chi connectivity index (χ0v) is 17.0. The van der Waals surface area contributed by atoms with Gasteiger partial charge in [0.05, 0.1) is 5.69 Å². The molecule has 1 aromatic heterocycles. The molecule has 0 bridgehead atoms. The van der Waals surface area contributed by atoms with Crippen molar-refractivity contribution >= 4 is 17.7 Å². The van der Waals surface area contributed by atoms with E-state index in [4.69, 9.17) is 0 Å². The summed E-state index contributed by atoms with van der Waals surface area (Å²) in [6.07, 6.45) is -1.02. The van der Waals surface area contributed by atoms with E-state index in [0.29, 0.717) is 24.2 Å². The van der Waals surface area contributed by atoms with Crippen LogP contribution in [0.1, 0.15) is 54.3 Å². The number of amides is 1. The molecule has 0 aliphatic heterocycles. The van der Waals surface area contributed by atoms with Crippen LogP contribution in [-0.4, -0.2) is 17.9 Å². The van der Waals surface area contributed by atoms with Gasteiger partial charge in [-0.05, 0) is 54.2 Å². The van der Waals surface area contributed by atoms with Crippen LogP contribution in [0.5, 0.6) is 0 Å². The predicted molar refractivity (Wildman–Crippen MR) is 110 cm³/mol. The van der Waals surface area contributed by atoms with E-state index in [1.807, 2.05) is 46.0 Å². The molecule has 0 aliphatic rings. The van der Waals surface area contributed by atoms with Crippen molar-refractivity contribution in [1.82, 2.24) is 10.3 Å². The summed E-state index contributed by atoms with van der Waals surface area (Å²) in [5.74, 6) is -0.482. The van der Waals surface area contributed by atoms with Gasteiger partial charge in [-0.15, -0.1) is 0 Å². The van der Waals surface area contributed by atoms with Crippen LogP contribution in [0.25, 0.3) is 6.08 Å². The van der Waals surface area contributed by atoms with Gasteiger partial charge in [-0.1, -0.05) is 32.0 Å². The molecule has 0 aliphatic carbocycles. The van der Waals surface area contributed by atoms with Crippen molar-refractivity contribution in [3.63, 3.8) is 0 Å². The molecule has 1 heterocycles. The summed E-state index contributed by atoms with van der Waals surface area (Å²) in [7, 11) is 1.85. The number of carbonyl (C=O) groups is 1. The average Bonchev–Trinajstić information content (AvgIpc) is 2.69. The standard InChI is InChI=1S/C22H26F3N3O/c1-5-14(2)21-17(7-10-19(28-21)22(23,24)25)8-11-20(29)27-13-16-6-9-18(26-4)15(3)12-16/h6-12,14,26H,5,13H2,1-4H3,(H,27,29)/b11-8+. The van der Waals surface area contributed by atoms with Gasteiger partial charge in [-0.2, -0.15) is 13.2 Å². The molecule has 2 aromatic rings. The molecule has 4 nitrogen and oxygen atoms in total. The normalized spacial score (nSPS) is 12.8. The number of aryl methyl sites for hydroxylation is 1. The molecule has 0 radical (unpaired) electrons. The number of halogens is 3. The molecular formula is C22H26F3N3O. The summed E-state index contributed by atoms with van der Waals surface area (Å²) in [6, 6.07) is 8.15. The van der Waals surface area contributed by atoms with Crippen LogP contribution in [0.4, 0.5) is 18.9 Å². The van der Waals surface area contributed by atoms with Crippen molar-refractivity contribution in [2.75, 3.05) is 12.4 Å². The van der Waals surface area contributed by atoms with Gasteiger partial charge >= 0.3 is 6.18 Å². The number of benzene rings is 1. The molecule has 1 atom stereocenters. The predicted octanol–water partition coefficient (Wildman–Crippen LogP) is 5.29. The molecule has 0 spiro atoms. The zero-order valence-electron chi connectivity index (χ0n) is 17.0. The molecule has 2 N–H and O–H groups in total. The largest absolute Gasteiger partial charge is 0.433 e. The monoisotopic (exact) mass is 405 g/mol. The maximum atomic E-state index is 13.0. The SMILES string of the molecule is CCC(C)c1nc(C(F)(F)F)ccc1/C=C/C(=O)NCc1ccc(NC)c(C)c1. The van der Waals surface area contributed by atoms with E-state index in [0.717, 1.165) is 22.9 Å². The maximum Gasteiger partial charge on any atom is 0.433 e. The molecule has 1 amide bonds. The van der Waals surface area contributed by atoms with Crippen LogP contribution >= 0.6 is 0 Å². The third-order valence-corrected chi connectivity index (χ3v) is 4.77. The number of hydrogen-bond acceptors (Lipinski definition) is 3. The lowest BCUT2D eigenvalue weighted by Gasteiger charge is -2.15. The Hall–Kier alpha value is -2.83. The molecule has 0 fully saturated rings. The van der Waals surface area contributed by atoms with Crippen LogP contribution in [0.2, 0.25) is 0 Å². The van der Waals surface area contributed by atoms with Crippen LogP contribution in [0, 0.1) is 6.92 Å². The quantitative estimate of drug-likeness (QED) is 0.615. The number of alkyl halides is 3. The third kappa shape index (κ3) is 6.07. The first-order chi connectivity index (χ1) is 13.7. The molecular weight excluding hydrogens is 379 g/mol. The lowest BCUT2D eigenvalue weighted by molar-refractivity contribution is -0.141. The summed E-state index contributed by atoms with van der Waals surface area (Å²) < 4.78 is 38.9. The van der Waals surface area contributed by atoms with E-state index in [-0.39, 0.29) is 11.8 Å². The highest BCUT2D eigenvalue weighted by Crippen LogP contribution is 2.31. The van der Waals surface area contributed by atoms with Crippen molar-refractivity contribution in [2.45, 2.75) is 45.8 Å². The Bertz CT molecular complexity index is 891. The molecule has 0 saturated heterocycles. The summed E-state index contributed by atoms with van der Waals surface area (Å²) >= 11 is 0. The maximum absolute atomic E-state index is 13.0. The second-order valence-corrected chi connectivity index (χ2v) is 6.93. The van der Waals surface area contributed by atoms with Gasteiger partial charge in [0.25, 0.3) is 0 Å². The highest BCUT2D eigenvalue weighted by atomic mass is 19.4. The van der Waals surface area contributed by atoms with Crippen LogP contribution < -0.4 is 10.6 Å². The molecule has 29 heavy (non-hydrogen) atoms. The minimum atomic E-state index is -4.50. The second-order valence-electron chi connectivity index (χ2n) is 6.93. The summed E-state index contributed by atoms with van der Waals surface area (Å²) in [5, 5.41) is 5.87. The number of pyridine rings is 1. The number of hydrogen-bond donors (Lipinski definition) is 2. The average molecular weight is 405 g/mol. The van der Waals surface area contributed by atoms with Gasteiger partial charge in [-0.25, -0.2) is 4.98 Å². The first kappa shape index (κ1) is 22.5. The van der Waals surface area contributed by atoms with Gasteiger partial charge in [-0.3, -0.25) is 4.79 Å². The Kier molecular flexibility index (Phi) is 7.42. The number of aromatic nitrogens is 1. The Morgan fingerprint density at radius 1 is 1.24 bits per heavy atom. The van der Waals surface area contributed by atoms with Crippen LogP contribution in [0.3, 0.4) is 0 Å². The van der Waals surface area contributed by atoms with E-state index >= 15 is 0 Å². The van der Waals surface area contributed by atoms with Gasteiger partial charge in [0.2, 0.25) is 5.91 Å². The van der Waals surface area contributed by atoms with Crippen molar-refractivity contribution < 1.29 is 18.0 Å². The summed E-state index contributed by atoms with van der Waals surface area (Å²) in [6.45, 7) is 6.04. The first-order valence-corrected chi connectivity index (χ1v) is 9.47. The van der Waals surface area contributed by atoms with Crippen LogP contribution in [-0.2, 0) is 17.5 Å². The number of carbonyl (C=O) groups excluding carboxylic acids is 1. The fourth-order valence-corrected chi connectivity index (χ4v) is 2.90. The van der Waals surface area contributed by atoms with Crippen LogP contribution in [0.15, 0.2) is 36.4 Å². The lowest BCUT2D eigenvalue weighted by atomic mass is 9.98. The zero-order chi connectivity index (χ0) is 21.6.